The summed E-state index contributed by atoms with van der Waals surface area (Å²) in [5.41, 5.74) is 1.95. The molecule has 1 fully saturated rings. The Labute approximate surface area is 156 Å². The van der Waals surface area contributed by atoms with E-state index in [0.29, 0.717) is 16.7 Å². The molecule has 2 aromatic rings. The third-order valence-corrected chi connectivity index (χ3v) is 5.30. The summed E-state index contributed by atoms with van der Waals surface area (Å²) in [4.78, 5) is 27.1. The SMILES string of the molecule is CCCCC1CCN(C(=O)c2ccc(C(=O)c3ccccc3)cc2)CC1. The molecule has 3 rings (SSSR count). The fourth-order valence-electron chi connectivity index (χ4n) is 3.62. The molecular weight excluding hydrogens is 322 g/mol. The molecule has 136 valence electrons. The minimum absolute atomic E-state index is 0.0127. The zero-order valence-corrected chi connectivity index (χ0v) is 15.5. The van der Waals surface area contributed by atoms with E-state index < -0.39 is 0 Å². The number of carbonyl (C=O) groups is 2. The molecule has 0 spiro atoms. The minimum Gasteiger partial charge on any atom is -0.339 e. The van der Waals surface area contributed by atoms with Crippen molar-refractivity contribution in [3.05, 3.63) is 71.3 Å². The van der Waals surface area contributed by atoms with Crippen LogP contribution in [0.3, 0.4) is 0 Å². The first-order valence-corrected chi connectivity index (χ1v) is 9.68. The predicted molar refractivity (Wildman–Crippen MR) is 104 cm³/mol. The highest BCUT2D eigenvalue weighted by Gasteiger charge is 2.23. The number of hydrogen-bond donors (Lipinski definition) is 0. The van der Waals surface area contributed by atoms with Crippen LogP contribution in [-0.2, 0) is 0 Å². The highest BCUT2D eigenvalue weighted by molar-refractivity contribution is 6.09. The second-order valence-electron chi connectivity index (χ2n) is 7.15. The molecule has 0 aliphatic carbocycles. The van der Waals surface area contributed by atoms with Crippen molar-refractivity contribution in [3.8, 4) is 0 Å². The maximum Gasteiger partial charge on any atom is 0.253 e. The van der Waals surface area contributed by atoms with Gasteiger partial charge in [0.25, 0.3) is 5.91 Å². The van der Waals surface area contributed by atoms with Crippen LogP contribution in [0, 0.1) is 5.92 Å². The van der Waals surface area contributed by atoms with Gasteiger partial charge in [-0.25, -0.2) is 0 Å². The lowest BCUT2D eigenvalue weighted by Crippen LogP contribution is -2.38. The molecule has 2 aromatic carbocycles. The fraction of sp³-hybridized carbons (Fsp3) is 0.391. The Morgan fingerprint density at radius 1 is 0.885 bits per heavy atom. The van der Waals surface area contributed by atoms with Gasteiger partial charge in [0.15, 0.2) is 5.78 Å². The molecule has 0 saturated carbocycles. The monoisotopic (exact) mass is 349 g/mol. The highest BCUT2D eigenvalue weighted by atomic mass is 16.2. The van der Waals surface area contributed by atoms with Gasteiger partial charge in [0, 0.05) is 29.8 Å². The van der Waals surface area contributed by atoms with Crippen LogP contribution in [0.5, 0.6) is 0 Å². The van der Waals surface area contributed by atoms with Crippen LogP contribution in [-0.4, -0.2) is 29.7 Å². The van der Waals surface area contributed by atoms with E-state index >= 15 is 0 Å². The second-order valence-corrected chi connectivity index (χ2v) is 7.15. The second kappa shape index (κ2) is 8.79. The zero-order valence-electron chi connectivity index (χ0n) is 15.5. The van der Waals surface area contributed by atoms with Crippen LogP contribution in [0.4, 0.5) is 0 Å². The molecule has 1 aliphatic rings. The normalized spacial score (nSPS) is 15.0. The first-order chi connectivity index (χ1) is 12.7. The van der Waals surface area contributed by atoms with Gasteiger partial charge in [-0.15, -0.1) is 0 Å². The standard InChI is InChI=1S/C23H27NO2/c1-2-3-7-18-14-16-24(17-15-18)23(26)21-12-10-20(11-13-21)22(25)19-8-5-4-6-9-19/h4-6,8-13,18H,2-3,7,14-17H2,1H3. The van der Waals surface area contributed by atoms with E-state index in [1.807, 2.05) is 35.2 Å². The third-order valence-electron chi connectivity index (χ3n) is 5.30. The van der Waals surface area contributed by atoms with Gasteiger partial charge < -0.3 is 4.90 Å². The Morgan fingerprint density at radius 3 is 2.08 bits per heavy atom. The van der Waals surface area contributed by atoms with Crippen LogP contribution in [0.2, 0.25) is 0 Å². The molecule has 1 heterocycles. The first kappa shape index (κ1) is 18.4. The van der Waals surface area contributed by atoms with Gasteiger partial charge in [0.2, 0.25) is 0 Å². The molecule has 26 heavy (non-hydrogen) atoms. The average Bonchev–Trinajstić information content (AvgIpc) is 2.72. The summed E-state index contributed by atoms with van der Waals surface area (Å²) in [5.74, 6) is 0.837. The third kappa shape index (κ3) is 4.40. The van der Waals surface area contributed by atoms with E-state index in [0.717, 1.165) is 31.8 Å². The van der Waals surface area contributed by atoms with Gasteiger partial charge >= 0.3 is 0 Å². The summed E-state index contributed by atoms with van der Waals surface area (Å²) < 4.78 is 0. The van der Waals surface area contributed by atoms with E-state index in [9.17, 15) is 9.59 Å². The van der Waals surface area contributed by atoms with Crippen LogP contribution < -0.4 is 0 Å². The zero-order chi connectivity index (χ0) is 18.4. The maximum atomic E-state index is 12.7. The van der Waals surface area contributed by atoms with Crippen molar-refractivity contribution in [1.82, 2.24) is 4.90 Å². The van der Waals surface area contributed by atoms with Crippen molar-refractivity contribution in [2.45, 2.75) is 39.0 Å². The van der Waals surface area contributed by atoms with Gasteiger partial charge in [-0.1, -0.05) is 68.7 Å². The summed E-state index contributed by atoms with van der Waals surface area (Å²) in [6, 6.07) is 16.3. The fourth-order valence-corrected chi connectivity index (χ4v) is 3.62. The van der Waals surface area contributed by atoms with E-state index in [4.69, 9.17) is 0 Å². The Morgan fingerprint density at radius 2 is 1.46 bits per heavy atom. The number of ketones is 1. The van der Waals surface area contributed by atoms with E-state index in [-0.39, 0.29) is 11.7 Å². The highest BCUT2D eigenvalue weighted by Crippen LogP contribution is 2.24. The van der Waals surface area contributed by atoms with Crippen molar-refractivity contribution >= 4 is 11.7 Å². The molecule has 0 aromatic heterocycles. The number of likely N-dealkylation sites (tertiary alicyclic amines) is 1. The number of nitrogens with zero attached hydrogens (tertiary/aromatic N) is 1. The lowest BCUT2D eigenvalue weighted by Gasteiger charge is -2.32. The largest absolute Gasteiger partial charge is 0.339 e. The Hall–Kier alpha value is -2.42. The lowest BCUT2D eigenvalue weighted by atomic mass is 9.91. The van der Waals surface area contributed by atoms with Crippen LogP contribution in [0.15, 0.2) is 54.6 Å². The maximum absolute atomic E-state index is 12.7. The van der Waals surface area contributed by atoms with Gasteiger partial charge in [-0.05, 0) is 30.9 Å². The van der Waals surface area contributed by atoms with Gasteiger partial charge in [0.1, 0.15) is 0 Å². The van der Waals surface area contributed by atoms with Crippen LogP contribution in [0.1, 0.15) is 65.3 Å². The summed E-state index contributed by atoms with van der Waals surface area (Å²) in [5, 5.41) is 0. The number of hydrogen-bond acceptors (Lipinski definition) is 2. The molecular formula is C23H27NO2. The van der Waals surface area contributed by atoms with Gasteiger partial charge in [0.05, 0.1) is 0 Å². The summed E-state index contributed by atoms with van der Waals surface area (Å²) >= 11 is 0. The summed E-state index contributed by atoms with van der Waals surface area (Å²) in [6.07, 6.45) is 6.03. The molecule has 1 amide bonds. The van der Waals surface area contributed by atoms with Crippen molar-refractivity contribution in [2.75, 3.05) is 13.1 Å². The average molecular weight is 349 g/mol. The number of piperidine rings is 1. The molecule has 1 saturated heterocycles. The molecule has 0 radical (unpaired) electrons. The smallest absolute Gasteiger partial charge is 0.253 e. The van der Waals surface area contributed by atoms with Crippen molar-refractivity contribution in [3.63, 3.8) is 0 Å². The predicted octanol–water partition coefficient (Wildman–Crippen LogP) is 4.96. The molecule has 1 aliphatic heterocycles. The van der Waals surface area contributed by atoms with Crippen molar-refractivity contribution in [2.24, 2.45) is 5.92 Å². The van der Waals surface area contributed by atoms with Crippen LogP contribution >= 0.6 is 0 Å². The number of unbranched alkanes of at least 4 members (excludes halogenated alkanes) is 1. The van der Waals surface area contributed by atoms with Crippen molar-refractivity contribution < 1.29 is 9.59 Å². The number of rotatable bonds is 6. The minimum atomic E-state index is -0.0127. The first-order valence-electron chi connectivity index (χ1n) is 9.68. The van der Waals surface area contributed by atoms with Gasteiger partial charge in [-0.2, -0.15) is 0 Å². The van der Waals surface area contributed by atoms with Crippen LogP contribution in [0.25, 0.3) is 0 Å². The van der Waals surface area contributed by atoms with E-state index in [1.165, 1.54) is 19.3 Å². The molecule has 3 heteroatoms. The Bertz CT molecular complexity index is 729. The molecule has 0 bridgehead atoms. The van der Waals surface area contributed by atoms with Gasteiger partial charge in [-0.3, -0.25) is 9.59 Å². The lowest BCUT2D eigenvalue weighted by molar-refractivity contribution is 0.0685. The topological polar surface area (TPSA) is 37.4 Å². The number of amides is 1. The van der Waals surface area contributed by atoms with E-state index in [1.54, 1.807) is 24.3 Å². The molecule has 0 unspecified atom stereocenters. The molecule has 0 N–H and O–H groups in total. The number of carbonyl (C=O) groups excluding carboxylic acids is 2. The van der Waals surface area contributed by atoms with E-state index in [2.05, 4.69) is 6.92 Å². The summed E-state index contributed by atoms with van der Waals surface area (Å²) in [6.45, 7) is 3.92. The Kier molecular flexibility index (Phi) is 6.21. The quantitative estimate of drug-likeness (QED) is 0.691. The number of benzene rings is 2. The summed E-state index contributed by atoms with van der Waals surface area (Å²) in [7, 11) is 0. The molecule has 3 nitrogen and oxygen atoms in total. The van der Waals surface area contributed by atoms with Crippen molar-refractivity contribution in [1.29, 1.82) is 0 Å². The Balaban J connectivity index is 1.60. The molecule has 0 atom stereocenters.